The van der Waals surface area contributed by atoms with Crippen LogP contribution in [-0.4, -0.2) is 4.21 Å². The predicted molar refractivity (Wildman–Crippen MR) is 205 cm³/mol. The van der Waals surface area contributed by atoms with Gasteiger partial charge in [-0.05, 0) is 0 Å². The quantitative estimate of drug-likeness (QED) is 0.192. The summed E-state index contributed by atoms with van der Waals surface area (Å²) in [6.07, 6.45) is 14.7. The third-order valence-electron chi connectivity index (χ3n) is 12.2. The van der Waals surface area contributed by atoms with Crippen LogP contribution in [0.15, 0.2) is 85.0 Å². The van der Waals surface area contributed by atoms with E-state index in [1.807, 2.05) is 0 Å². The summed E-state index contributed by atoms with van der Waals surface area (Å²) in [6, 6.07) is 21.6. The molecule has 4 aliphatic carbocycles. The third-order valence-corrected chi connectivity index (χ3v) is 30.1. The zero-order valence-corrected chi connectivity index (χ0v) is 33.4. The second kappa shape index (κ2) is 11.3. The summed E-state index contributed by atoms with van der Waals surface area (Å²) in [6.45, 7) is 21.6. The van der Waals surface area contributed by atoms with Crippen LogP contribution in [0.25, 0.3) is 23.3 Å². The molecule has 46 heavy (non-hydrogen) atoms. The molecule has 3 aromatic rings. The number of allylic oxidation sites excluding steroid dienone is 6. The fourth-order valence-corrected chi connectivity index (χ4v) is 26.6. The van der Waals surface area contributed by atoms with Gasteiger partial charge in [0.05, 0.1) is 0 Å². The van der Waals surface area contributed by atoms with Gasteiger partial charge in [-0.3, -0.25) is 0 Å². The van der Waals surface area contributed by atoms with Crippen molar-refractivity contribution in [2.45, 2.75) is 90.1 Å². The molecule has 0 fully saturated rings. The summed E-state index contributed by atoms with van der Waals surface area (Å²) in [4.78, 5) is 0. The Kier molecular flexibility index (Phi) is 8.63. The molecule has 1 unspecified atom stereocenters. The SMILES string of the molecule is Cl.Cl.[CH2]=[Zr]([CH2]C)([C]1=CC(C(C)(C)C)=CC1CC)([C]1=Cc2cc3c(cc2C1(C)C)Cc1cc2c(cc1-3)C=CC2(C)C)[c]1ccccc1. The molecule has 0 nitrogen and oxygen atoms in total. The van der Waals surface area contributed by atoms with E-state index < -0.39 is 18.3 Å². The van der Waals surface area contributed by atoms with Crippen LogP contribution in [0, 0.1) is 11.3 Å². The number of rotatable bonds is 5. The first kappa shape index (κ1) is 35.3. The molecule has 0 saturated carbocycles. The van der Waals surface area contributed by atoms with E-state index in [0.717, 1.165) is 17.0 Å². The van der Waals surface area contributed by atoms with E-state index in [9.17, 15) is 0 Å². The number of hydrogen-bond acceptors (Lipinski definition) is 0. The molecule has 0 radical (unpaired) electrons. The normalized spacial score (nSPS) is 20.0. The Hall–Kier alpha value is -2.05. The van der Waals surface area contributed by atoms with Gasteiger partial charge in [0, 0.05) is 0 Å². The van der Waals surface area contributed by atoms with Gasteiger partial charge < -0.3 is 0 Å². The Morgan fingerprint density at radius 1 is 0.826 bits per heavy atom. The van der Waals surface area contributed by atoms with Crippen molar-refractivity contribution >= 4 is 44.4 Å². The molecule has 3 heteroatoms. The van der Waals surface area contributed by atoms with Crippen molar-refractivity contribution in [2.24, 2.45) is 11.3 Å². The van der Waals surface area contributed by atoms with Gasteiger partial charge in [0.25, 0.3) is 0 Å². The summed E-state index contributed by atoms with van der Waals surface area (Å²) in [7, 11) is 0. The van der Waals surface area contributed by atoms with Gasteiger partial charge in [0.2, 0.25) is 0 Å². The van der Waals surface area contributed by atoms with Gasteiger partial charge in [-0.2, -0.15) is 0 Å². The fraction of sp³-hybridized carbons (Fsp3) is 0.372. The van der Waals surface area contributed by atoms with Crippen LogP contribution in [0.2, 0.25) is 4.13 Å². The molecular weight excluding hydrogens is 679 g/mol. The van der Waals surface area contributed by atoms with Crippen LogP contribution in [0.4, 0.5) is 0 Å². The van der Waals surface area contributed by atoms with E-state index in [-0.39, 0.29) is 41.1 Å². The van der Waals surface area contributed by atoms with E-state index in [2.05, 4.69) is 147 Å². The number of fused-ring (bicyclic) bond motifs is 5. The minimum atomic E-state index is -4.36. The molecule has 0 bridgehead atoms. The van der Waals surface area contributed by atoms with E-state index in [1.165, 1.54) is 53.4 Å². The Labute approximate surface area is 291 Å². The molecule has 1 atom stereocenters. The van der Waals surface area contributed by atoms with Crippen LogP contribution in [0.1, 0.15) is 102 Å². The zero-order valence-electron chi connectivity index (χ0n) is 29.3. The van der Waals surface area contributed by atoms with Crippen molar-refractivity contribution in [2.75, 3.05) is 0 Å². The van der Waals surface area contributed by atoms with Gasteiger partial charge in [-0.1, -0.05) is 0 Å². The molecule has 0 N–H and O–H groups in total. The van der Waals surface area contributed by atoms with Crippen molar-refractivity contribution in [3.63, 3.8) is 0 Å². The van der Waals surface area contributed by atoms with Crippen molar-refractivity contribution in [1.82, 2.24) is 0 Å². The average molecular weight is 731 g/mol. The van der Waals surface area contributed by atoms with Gasteiger partial charge in [0.15, 0.2) is 0 Å². The van der Waals surface area contributed by atoms with E-state index in [4.69, 9.17) is 4.21 Å². The van der Waals surface area contributed by atoms with Gasteiger partial charge in [-0.25, -0.2) is 0 Å². The first-order valence-electron chi connectivity index (χ1n) is 16.9. The molecule has 0 heterocycles. The summed E-state index contributed by atoms with van der Waals surface area (Å²) in [5.41, 5.74) is 13.3. The van der Waals surface area contributed by atoms with E-state index >= 15 is 0 Å². The Balaban J connectivity index is 0.00000208. The standard InChI is InChI=1S/C23H21.C11H17.C6H5.C2H5.CH2.2ClH.Zr/c1-22(2)7-5-14-10-18-16(12-20(14)22)9-17-13-21-15(11-19(17)18)6-8-23(21,3)4;1-5-9-6-7-10(8-9)11(2,3)4;1-2-4-6-5-3-1;1-2;;;;/h5-7,10-13H,9H2,1-4H3;7-9H,5H2,1-4H3;1-5H;1H2,2H3;1H2;2*1H;. The molecule has 3 aromatic carbocycles. The van der Waals surface area contributed by atoms with Gasteiger partial charge >= 0.3 is 269 Å². The number of hydrogen-bond donors (Lipinski definition) is 0. The minimum absolute atomic E-state index is 0. The molecule has 0 aromatic heterocycles. The Morgan fingerprint density at radius 2 is 1.43 bits per heavy atom. The maximum atomic E-state index is 5.65. The van der Waals surface area contributed by atoms with Crippen molar-refractivity contribution in [1.29, 1.82) is 0 Å². The molecular formula is C43H52Cl2Zr. The van der Waals surface area contributed by atoms with Crippen molar-refractivity contribution in [3.05, 3.63) is 118 Å². The van der Waals surface area contributed by atoms with Crippen LogP contribution in [0.3, 0.4) is 0 Å². The molecule has 0 saturated heterocycles. The maximum absolute atomic E-state index is 5.65. The van der Waals surface area contributed by atoms with Crippen molar-refractivity contribution in [3.8, 4) is 11.1 Å². The number of benzene rings is 3. The fourth-order valence-electron chi connectivity index (χ4n) is 9.45. The summed E-state index contributed by atoms with van der Waals surface area (Å²) >= 11 is -4.36. The molecule has 242 valence electrons. The predicted octanol–water partition coefficient (Wildman–Crippen LogP) is 11.8. The Morgan fingerprint density at radius 3 is 2.02 bits per heavy atom. The molecule has 0 spiro atoms. The van der Waals surface area contributed by atoms with Gasteiger partial charge in [0.1, 0.15) is 0 Å². The molecule has 7 rings (SSSR count). The van der Waals surface area contributed by atoms with Crippen LogP contribution in [-0.2, 0) is 35.5 Å². The average Bonchev–Trinajstić information content (AvgIpc) is 3.73. The van der Waals surface area contributed by atoms with E-state index in [0.29, 0.717) is 5.92 Å². The Bertz CT molecular complexity index is 1940. The summed E-state index contributed by atoms with van der Waals surface area (Å²) < 4.78 is 11.6. The summed E-state index contributed by atoms with van der Waals surface area (Å²) in [5.74, 6) is 0.448. The monoisotopic (exact) mass is 728 g/mol. The van der Waals surface area contributed by atoms with Crippen LogP contribution < -0.4 is 3.27 Å². The van der Waals surface area contributed by atoms with Crippen molar-refractivity contribution < 1.29 is 18.3 Å². The van der Waals surface area contributed by atoms with Crippen LogP contribution in [0.5, 0.6) is 0 Å². The zero-order chi connectivity index (χ0) is 31.5. The summed E-state index contributed by atoms with van der Waals surface area (Å²) in [5, 5.41) is 0. The van der Waals surface area contributed by atoms with Crippen LogP contribution >= 0.6 is 24.8 Å². The molecule has 4 aliphatic rings. The molecule has 0 amide bonds. The second-order valence-corrected chi connectivity index (χ2v) is 30.7. The number of halogens is 2. The van der Waals surface area contributed by atoms with E-state index in [1.54, 1.807) is 6.56 Å². The third kappa shape index (κ3) is 4.73. The first-order chi connectivity index (χ1) is 20.6. The first-order valence-corrected chi connectivity index (χ1v) is 24.1. The topological polar surface area (TPSA) is 0 Å². The second-order valence-electron chi connectivity index (χ2n) is 16.5. The molecule has 0 aliphatic heterocycles. The van der Waals surface area contributed by atoms with Gasteiger partial charge in [-0.15, -0.1) is 24.8 Å².